The molecular formula is C11H25N3O. The van der Waals surface area contributed by atoms with Crippen LogP contribution in [0, 0.1) is 0 Å². The molecule has 0 aromatic carbocycles. The van der Waals surface area contributed by atoms with Gasteiger partial charge in [-0.15, -0.1) is 0 Å². The lowest BCUT2D eigenvalue weighted by Crippen LogP contribution is -2.39. The van der Waals surface area contributed by atoms with Crippen molar-refractivity contribution in [2.75, 3.05) is 46.9 Å². The largest absolute Gasteiger partial charge is 0.376 e. The third-order valence-corrected chi connectivity index (χ3v) is 3.10. The normalized spacial score (nSPS) is 25.0. The van der Waals surface area contributed by atoms with Crippen LogP contribution in [0.25, 0.3) is 0 Å². The second-order valence-corrected chi connectivity index (χ2v) is 4.48. The Kier molecular flexibility index (Phi) is 5.53. The fourth-order valence-electron chi connectivity index (χ4n) is 2.12. The summed E-state index contributed by atoms with van der Waals surface area (Å²) in [6.07, 6.45) is 1.46. The highest BCUT2D eigenvalue weighted by Gasteiger charge is 2.25. The number of hydrogen-bond acceptors (Lipinski definition) is 4. The van der Waals surface area contributed by atoms with E-state index in [0.29, 0.717) is 12.6 Å². The van der Waals surface area contributed by atoms with Crippen LogP contribution >= 0.6 is 0 Å². The minimum atomic E-state index is 0.205. The van der Waals surface area contributed by atoms with Crippen LogP contribution in [0.15, 0.2) is 0 Å². The number of likely N-dealkylation sites (N-methyl/N-ethyl adjacent to an activating group) is 1. The predicted molar refractivity (Wildman–Crippen MR) is 63.0 cm³/mol. The summed E-state index contributed by atoms with van der Waals surface area (Å²) >= 11 is 0. The van der Waals surface area contributed by atoms with Gasteiger partial charge in [-0.05, 0) is 34.0 Å². The van der Waals surface area contributed by atoms with E-state index in [1.165, 1.54) is 13.0 Å². The molecule has 4 heteroatoms. The molecule has 1 rings (SSSR count). The molecule has 1 fully saturated rings. The summed E-state index contributed by atoms with van der Waals surface area (Å²) in [5.74, 6) is 0. The fourth-order valence-corrected chi connectivity index (χ4v) is 2.12. The van der Waals surface area contributed by atoms with Crippen molar-refractivity contribution in [1.29, 1.82) is 0 Å². The van der Waals surface area contributed by atoms with Crippen LogP contribution in [-0.4, -0.2) is 68.8 Å². The average molecular weight is 215 g/mol. The van der Waals surface area contributed by atoms with E-state index < -0.39 is 0 Å². The van der Waals surface area contributed by atoms with Gasteiger partial charge in [-0.2, -0.15) is 0 Å². The van der Waals surface area contributed by atoms with Crippen molar-refractivity contribution >= 4 is 0 Å². The van der Waals surface area contributed by atoms with Crippen LogP contribution in [-0.2, 0) is 4.74 Å². The van der Waals surface area contributed by atoms with Crippen molar-refractivity contribution in [3.63, 3.8) is 0 Å². The Hall–Kier alpha value is -0.160. The minimum Gasteiger partial charge on any atom is -0.376 e. The summed E-state index contributed by atoms with van der Waals surface area (Å²) in [5.41, 5.74) is 5.67. The van der Waals surface area contributed by atoms with E-state index >= 15 is 0 Å². The summed E-state index contributed by atoms with van der Waals surface area (Å²) in [4.78, 5) is 4.76. The number of likely N-dealkylation sites (tertiary alicyclic amines) is 1. The third kappa shape index (κ3) is 4.07. The first kappa shape index (κ1) is 12.9. The van der Waals surface area contributed by atoms with Gasteiger partial charge in [0.15, 0.2) is 0 Å². The van der Waals surface area contributed by atoms with E-state index in [1.807, 2.05) is 6.92 Å². The summed E-state index contributed by atoms with van der Waals surface area (Å²) in [7, 11) is 4.30. The number of rotatable bonds is 6. The Balaban J connectivity index is 2.27. The van der Waals surface area contributed by atoms with E-state index in [-0.39, 0.29) is 6.10 Å². The molecule has 0 bridgehead atoms. The number of ether oxygens (including phenoxy) is 1. The van der Waals surface area contributed by atoms with Crippen molar-refractivity contribution in [3.8, 4) is 0 Å². The molecule has 2 atom stereocenters. The first-order valence-electron chi connectivity index (χ1n) is 5.87. The van der Waals surface area contributed by atoms with Crippen LogP contribution in [0.1, 0.15) is 13.3 Å². The molecule has 0 aromatic heterocycles. The molecule has 1 aliphatic heterocycles. The van der Waals surface area contributed by atoms with E-state index in [4.69, 9.17) is 10.5 Å². The van der Waals surface area contributed by atoms with Crippen LogP contribution in [0.4, 0.5) is 0 Å². The van der Waals surface area contributed by atoms with E-state index in [1.54, 1.807) is 0 Å². The molecule has 0 amide bonds. The fraction of sp³-hybridized carbons (Fsp3) is 1.00. The van der Waals surface area contributed by atoms with Gasteiger partial charge < -0.3 is 15.4 Å². The maximum atomic E-state index is 5.67. The number of nitrogens with two attached hydrogens (primary N) is 1. The lowest BCUT2D eigenvalue weighted by molar-refractivity contribution is 0.0435. The van der Waals surface area contributed by atoms with Crippen molar-refractivity contribution in [3.05, 3.63) is 0 Å². The van der Waals surface area contributed by atoms with Gasteiger partial charge >= 0.3 is 0 Å². The van der Waals surface area contributed by atoms with Gasteiger partial charge in [-0.3, -0.25) is 4.90 Å². The van der Waals surface area contributed by atoms with E-state index in [9.17, 15) is 0 Å². The molecule has 4 nitrogen and oxygen atoms in total. The topological polar surface area (TPSA) is 41.7 Å². The van der Waals surface area contributed by atoms with Gasteiger partial charge in [0, 0.05) is 32.3 Å². The highest BCUT2D eigenvalue weighted by atomic mass is 16.5. The number of nitrogens with zero attached hydrogens (tertiary/aromatic N) is 2. The molecule has 0 spiro atoms. The summed E-state index contributed by atoms with van der Waals surface area (Å²) in [6, 6.07) is 0.699. The Morgan fingerprint density at radius 3 is 2.73 bits per heavy atom. The lowest BCUT2D eigenvalue weighted by atomic mass is 10.2. The van der Waals surface area contributed by atoms with E-state index in [0.717, 1.165) is 19.7 Å². The van der Waals surface area contributed by atoms with Gasteiger partial charge in [0.2, 0.25) is 0 Å². The van der Waals surface area contributed by atoms with Gasteiger partial charge in [-0.1, -0.05) is 0 Å². The zero-order valence-electron chi connectivity index (χ0n) is 10.3. The molecule has 2 unspecified atom stereocenters. The second-order valence-electron chi connectivity index (χ2n) is 4.48. The van der Waals surface area contributed by atoms with Crippen molar-refractivity contribution in [2.24, 2.45) is 5.73 Å². The lowest BCUT2D eigenvalue weighted by Gasteiger charge is -2.24. The zero-order chi connectivity index (χ0) is 11.3. The highest BCUT2D eigenvalue weighted by molar-refractivity contribution is 4.82. The van der Waals surface area contributed by atoms with Gasteiger partial charge in [0.1, 0.15) is 0 Å². The first-order chi connectivity index (χ1) is 7.17. The molecule has 0 aromatic rings. The van der Waals surface area contributed by atoms with Gasteiger partial charge in [0.25, 0.3) is 0 Å². The van der Waals surface area contributed by atoms with Crippen LogP contribution < -0.4 is 5.73 Å². The molecule has 0 aliphatic carbocycles. The van der Waals surface area contributed by atoms with Crippen molar-refractivity contribution in [2.45, 2.75) is 25.5 Å². The maximum absolute atomic E-state index is 5.67. The highest BCUT2D eigenvalue weighted by Crippen LogP contribution is 2.13. The molecule has 90 valence electrons. The Morgan fingerprint density at radius 1 is 1.53 bits per heavy atom. The Morgan fingerprint density at radius 2 is 2.27 bits per heavy atom. The SMILES string of the molecule is CCOC(CN)CN1CCC(N(C)C)C1. The standard InChI is InChI=1S/C11H25N3O/c1-4-15-11(7-12)9-14-6-5-10(8-14)13(2)3/h10-11H,4-9,12H2,1-3H3. The minimum absolute atomic E-state index is 0.205. The molecule has 0 radical (unpaired) electrons. The smallest absolute Gasteiger partial charge is 0.0823 e. The molecule has 2 N–H and O–H groups in total. The second kappa shape index (κ2) is 6.43. The Labute approximate surface area is 93.4 Å². The van der Waals surface area contributed by atoms with Gasteiger partial charge in [-0.25, -0.2) is 0 Å². The van der Waals surface area contributed by atoms with E-state index in [2.05, 4.69) is 23.9 Å². The summed E-state index contributed by atoms with van der Waals surface area (Å²) < 4.78 is 5.57. The Bertz CT molecular complexity index is 175. The molecule has 1 saturated heterocycles. The number of hydrogen-bond donors (Lipinski definition) is 1. The van der Waals surface area contributed by atoms with Crippen LogP contribution in [0.2, 0.25) is 0 Å². The van der Waals surface area contributed by atoms with Crippen LogP contribution in [0.5, 0.6) is 0 Å². The molecule has 1 aliphatic rings. The average Bonchev–Trinajstić information content (AvgIpc) is 2.65. The maximum Gasteiger partial charge on any atom is 0.0823 e. The molecule has 15 heavy (non-hydrogen) atoms. The summed E-state index contributed by atoms with van der Waals surface area (Å²) in [6.45, 7) is 6.71. The van der Waals surface area contributed by atoms with Crippen molar-refractivity contribution < 1.29 is 4.74 Å². The monoisotopic (exact) mass is 215 g/mol. The van der Waals surface area contributed by atoms with Crippen LogP contribution in [0.3, 0.4) is 0 Å². The third-order valence-electron chi connectivity index (χ3n) is 3.10. The van der Waals surface area contributed by atoms with Crippen molar-refractivity contribution in [1.82, 2.24) is 9.80 Å². The van der Waals surface area contributed by atoms with Gasteiger partial charge in [0.05, 0.1) is 6.10 Å². The zero-order valence-corrected chi connectivity index (χ0v) is 10.3. The molecule has 1 heterocycles. The summed E-state index contributed by atoms with van der Waals surface area (Å²) in [5, 5.41) is 0. The quantitative estimate of drug-likeness (QED) is 0.676. The first-order valence-corrected chi connectivity index (χ1v) is 5.87. The molecule has 0 saturated carbocycles. The molecular weight excluding hydrogens is 190 g/mol. The predicted octanol–water partition coefficient (Wildman–Crippen LogP) is -0.0139.